The molecule has 0 unspecified atom stereocenters. The van der Waals surface area contributed by atoms with Gasteiger partial charge in [-0.05, 0) is 31.4 Å². The Bertz CT molecular complexity index is 607. The van der Waals surface area contributed by atoms with Crippen LogP contribution in [0, 0.1) is 0 Å². The molecule has 1 aliphatic carbocycles. The maximum atomic E-state index is 12.3. The standard InChI is InChI=1S/C13H17NO5S/c1-19-10-4-2-5-11(8-10)20(17,18)14-13(6-3-7-13)9-12(15)16/h2,4-5,8,14H,3,6-7,9H2,1H3,(H,15,16). The molecular formula is C13H17NO5S. The molecule has 0 aliphatic heterocycles. The molecule has 0 radical (unpaired) electrons. The van der Waals surface area contributed by atoms with Crippen molar-refractivity contribution in [1.29, 1.82) is 0 Å². The fourth-order valence-corrected chi connectivity index (χ4v) is 3.81. The third-order valence-corrected chi connectivity index (χ3v) is 5.08. The molecule has 110 valence electrons. The van der Waals surface area contributed by atoms with Gasteiger partial charge in [0, 0.05) is 11.6 Å². The summed E-state index contributed by atoms with van der Waals surface area (Å²) in [6.45, 7) is 0. The van der Waals surface area contributed by atoms with Crippen LogP contribution in [0.1, 0.15) is 25.7 Å². The quantitative estimate of drug-likeness (QED) is 0.827. The Kier molecular flexibility index (Phi) is 4.01. The van der Waals surface area contributed by atoms with Crippen LogP contribution in [0.3, 0.4) is 0 Å². The van der Waals surface area contributed by atoms with Crippen molar-refractivity contribution in [1.82, 2.24) is 4.72 Å². The summed E-state index contributed by atoms with van der Waals surface area (Å²) in [5.74, 6) is -0.563. The van der Waals surface area contributed by atoms with Gasteiger partial charge < -0.3 is 9.84 Å². The monoisotopic (exact) mass is 299 g/mol. The van der Waals surface area contributed by atoms with Crippen LogP contribution in [0.5, 0.6) is 5.75 Å². The van der Waals surface area contributed by atoms with E-state index in [1.807, 2.05) is 0 Å². The normalized spacial score (nSPS) is 17.2. The lowest BCUT2D eigenvalue weighted by atomic mass is 9.75. The topological polar surface area (TPSA) is 92.7 Å². The third kappa shape index (κ3) is 3.10. The molecule has 0 atom stereocenters. The fourth-order valence-electron chi connectivity index (χ4n) is 2.32. The van der Waals surface area contributed by atoms with Crippen molar-refractivity contribution in [2.75, 3.05) is 7.11 Å². The van der Waals surface area contributed by atoms with Crippen molar-refractivity contribution in [3.05, 3.63) is 24.3 Å². The molecule has 1 aliphatic rings. The van der Waals surface area contributed by atoms with Gasteiger partial charge in [0.2, 0.25) is 10.0 Å². The van der Waals surface area contributed by atoms with E-state index in [0.717, 1.165) is 6.42 Å². The zero-order chi connectivity index (χ0) is 14.8. The highest BCUT2D eigenvalue weighted by Crippen LogP contribution is 2.36. The average molecular weight is 299 g/mol. The Morgan fingerprint density at radius 3 is 2.65 bits per heavy atom. The highest BCUT2D eigenvalue weighted by Gasteiger charge is 2.42. The number of sulfonamides is 1. The number of nitrogens with one attached hydrogen (secondary N) is 1. The molecule has 1 saturated carbocycles. The third-order valence-electron chi connectivity index (χ3n) is 3.50. The average Bonchev–Trinajstić information content (AvgIpc) is 2.35. The van der Waals surface area contributed by atoms with Crippen molar-refractivity contribution >= 4 is 16.0 Å². The predicted molar refractivity (Wildman–Crippen MR) is 72.2 cm³/mol. The van der Waals surface area contributed by atoms with Gasteiger partial charge in [0.25, 0.3) is 0 Å². The molecule has 1 aromatic carbocycles. The summed E-state index contributed by atoms with van der Waals surface area (Å²) in [6, 6.07) is 6.10. The highest BCUT2D eigenvalue weighted by molar-refractivity contribution is 7.89. The minimum atomic E-state index is -3.75. The predicted octanol–water partition coefficient (Wildman–Crippen LogP) is 1.37. The Labute approximate surface area is 117 Å². The summed E-state index contributed by atoms with van der Waals surface area (Å²) < 4.78 is 32.2. The van der Waals surface area contributed by atoms with Crippen LogP contribution in [0.4, 0.5) is 0 Å². The fraction of sp³-hybridized carbons (Fsp3) is 0.462. The van der Waals surface area contributed by atoms with E-state index in [-0.39, 0.29) is 11.3 Å². The maximum absolute atomic E-state index is 12.3. The number of carbonyl (C=O) groups is 1. The second-order valence-corrected chi connectivity index (χ2v) is 6.67. The molecule has 0 heterocycles. The second kappa shape index (κ2) is 5.41. The SMILES string of the molecule is COc1cccc(S(=O)(=O)NC2(CC(=O)O)CCC2)c1. The van der Waals surface area contributed by atoms with E-state index in [1.54, 1.807) is 12.1 Å². The lowest BCUT2D eigenvalue weighted by molar-refractivity contribution is -0.139. The molecule has 7 heteroatoms. The van der Waals surface area contributed by atoms with E-state index in [1.165, 1.54) is 19.2 Å². The van der Waals surface area contributed by atoms with Gasteiger partial charge in [0.1, 0.15) is 5.75 Å². The molecule has 1 fully saturated rings. The summed E-state index contributed by atoms with van der Waals surface area (Å²) in [4.78, 5) is 11.0. The number of benzene rings is 1. The van der Waals surface area contributed by atoms with Gasteiger partial charge in [-0.25, -0.2) is 13.1 Å². The molecule has 6 nitrogen and oxygen atoms in total. The number of carboxylic acid groups (broad SMARTS) is 1. The molecule has 0 spiro atoms. The van der Waals surface area contributed by atoms with Gasteiger partial charge >= 0.3 is 5.97 Å². The van der Waals surface area contributed by atoms with Crippen molar-refractivity contribution in [2.24, 2.45) is 0 Å². The molecule has 0 aromatic heterocycles. The van der Waals surface area contributed by atoms with Gasteiger partial charge in [-0.3, -0.25) is 4.79 Å². The van der Waals surface area contributed by atoms with Crippen LogP contribution in [-0.2, 0) is 14.8 Å². The van der Waals surface area contributed by atoms with E-state index in [4.69, 9.17) is 9.84 Å². The second-order valence-electron chi connectivity index (χ2n) is 4.99. The van der Waals surface area contributed by atoms with Gasteiger partial charge in [-0.15, -0.1) is 0 Å². The van der Waals surface area contributed by atoms with E-state index < -0.39 is 21.5 Å². The summed E-state index contributed by atoms with van der Waals surface area (Å²) in [5.41, 5.74) is -0.853. The van der Waals surface area contributed by atoms with Gasteiger partial charge in [0.05, 0.1) is 18.4 Å². The van der Waals surface area contributed by atoms with E-state index in [0.29, 0.717) is 18.6 Å². The Hall–Kier alpha value is -1.60. The Morgan fingerprint density at radius 2 is 2.15 bits per heavy atom. The van der Waals surface area contributed by atoms with Crippen LogP contribution < -0.4 is 9.46 Å². The summed E-state index contributed by atoms with van der Waals surface area (Å²) >= 11 is 0. The molecule has 2 rings (SSSR count). The number of rotatable bonds is 6. The molecular weight excluding hydrogens is 282 g/mol. The zero-order valence-corrected chi connectivity index (χ0v) is 11.9. The van der Waals surface area contributed by atoms with E-state index in [2.05, 4.69) is 4.72 Å². The number of carboxylic acids is 1. The first-order valence-electron chi connectivity index (χ1n) is 6.27. The number of hydrogen-bond acceptors (Lipinski definition) is 4. The Balaban J connectivity index is 2.23. The smallest absolute Gasteiger partial charge is 0.305 e. The van der Waals surface area contributed by atoms with Crippen molar-refractivity contribution in [3.63, 3.8) is 0 Å². The van der Waals surface area contributed by atoms with Gasteiger partial charge in [-0.1, -0.05) is 6.07 Å². The molecule has 2 N–H and O–H groups in total. The van der Waals surface area contributed by atoms with Crippen molar-refractivity contribution in [2.45, 2.75) is 36.1 Å². The first-order chi connectivity index (χ1) is 9.37. The zero-order valence-electron chi connectivity index (χ0n) is 11.1. The highest BCUT2D eigenvalue weighted by atomic mass is 32.2. The van der Waals surface area contributed by atoms with Crippen LogP contribution in [-0.4, -0.2) is 32.1 Å². The molecule has 1 aromatic rings. The van der Waals surface area contributed by atoms with E-state index in [9.17, 15) is 13.2 Å². The first-order valence-corrected chi connectivity index (χ1v) is 7.75. The van der Waals surface area contributed by atoms with Crippen molar-refractivity contribution in [3.8, 4) is 5.75 Å². The van der Waals surface area contributed by atoms with Crippen LogP contribution in [0.25, 0.3) is 0 Å². The summed E-state index contributed by atoms with van der Waals surface area (Å²) in [5, 5.41) is 8.91. The van der Waals surface area contributed by atoms with Crippen LogP contribution in [0.2, 0.25) is 0 Å². The molecule has 0 amide bonds. The summed E-state index contributed by atoms with van der Waals surface area (Å²) in [6.07, 6.45) is 1.72. The molecule has 0 bridgehead atoms. The lowest BCUT2D eigenvalue weighted by Crippen LogP contribution is -2.54. The Morgan fingerprint density at radius 1 is 1.45 bits per heavy atom. The van der Waals surface area contributed by atoms with Crippen LogP contribution >= 0.6 is 0 Å². The van der Waals surface area contributed by atoms with Crippen LogP contribution in [0.15, 0.2) is 29.2 Å². The van der Waals surface area contributed by atoms with Gasteiger partial charge in [0.15, 0.2) is 0 Å². The minimum Gasteiger partial charge on any atom is -0.497 e. The van der Waals surface area contributed by atoms with Crippen molar-refractivity contribution < 1.29 is 23.1 Å². The number of aliphatic carboxylic acids is 1. The summed E-state index contributed by atoms with van der Waals surface area (Å²) in [7, 11) is -2.29. The minimum absolute atomic E-state index is 0.0773. The number of methoxy groups -OCH3 is 1. The molecule has 20 heavy (non-hydrogen) atoms. The van der Waals surface area contributed by atoms with E-state index >= 15 is 0 Å². The van der Waals surface area contributed by atoms with Gasteiger partial charge in [-0.2, -0.15) is 0 Å². The first kappa shape index (κ1) is 14.8. The number of ether oxygens (including phenoxy) is 1. The lowest BCUT2D eigenvalue weighted by Gasteiger charge is -2.40. The largest absolute Gasteiger partial charge is 0.497 e. The maximum Gasteiger partial charge on any atom is 0.305 e. The molecule has 0 saturated heterocycles. The number of hydrogen-bond donors (Lipinski definition) is 2.